The second-order valence-corrected chi connectivity index (χ2v) is 8.49. The second kappa shape index (κ2) is 8.54. The Bertz CT molecular complexity index is 508. The third kappa shape index (κ3) is 4.97. The summed E-state index contributed by atoms with van der Waals surface area (Å²) >= 11 is 5.21. The SMILES string of the molecule is O=C(CCSc1ccc(Br)cc1)N1CCN(C2CCCC2)CC1. The van der Waals surface area contributed by atoms with Gasteiger partial charge < -0.3 is 4.90 Å². The molecule has 1 saturated carbocycles. The number of rotatable bonds is 5. The fraction of sp³-hybridized carbons (Fsp3) is 0.611. The highest BCUT2D eigenvalue weighted by Crippen LogP contribution is 2.25. The Labute approximate surface area is 151 Å². The molecule has 0 unspecified atom stereocenters. The van der Waals surface area contributed by atoms with Crippen molar-refractivity contribution in [1.82, 2.24) is 9.80 Å². The number of hydrogen-bond donors (Lipinski definition) is 0. The predicted molar refractivity (Wildman–Crippen MR) is 99.9 cm³/mol. The van der Waals surface area contributed by atoms with Crippen LogP contribution in [0.25, 0.3) is 0 Å². The van der Waals surface area contributed by atoms with Gasteiger partial charge in [0.15, 0.2) is 0 Å². The van der Waals surface area contributed by atoms with E-state index in [1.54, 1.807) is 11.8 Å². The summed E-state index contributed by atoms with van der Waals surface area (Å²) in [5.41, 5.74) is 0. The molecule has 3 rings (SSSR count). The Morgan fingerprint density at radius 1 is 1.09 bits per heavy atom. The van der Waals surface area contributed by atoms with E-state index in [0.29, 0.717) is 12.3 Å². The van der Waals surface area contributed by atoms with Crippen LogP contribution in [-0.4, -0.2) is 53.7 Å². The number of piperazine rings is 1. The Morgan fingerprint density at radius 3 is 2.39 bits per heavy atom. The lowest BCUT2D eigenvalue weighted by molar-refractivity contribution is -0.132. The molecule has 1 aromatic rings. The maximum absolute atomic E-state index is 12.4. The van der Waals surface area contributed by atoms with E-state index in [9.17, 15) is 4.79 Å². The van der Waals surface area contributed by atoms with Crippen LogP contribution in [0.3, 0.4) is 0 Å². The van der Waals surface area contributed by atoms with E-state index < -0.39 is 0 Å². The molecule has 2 fully saturated rings. The van der Waals surface area contributed by atoms with E-state index in [2.05, 4.69) is 37.9 Å². The maximum atomic E-state index is 12.4. The average Bonchev–Trinajstić information content (AvgIpc) is 3.11. The lowest BCUT2D eigenvalue weighted by Gasteiger charge is -2.38. The van der Waals surface area contributed by atoms with Gasteiger partial charge in [-0.15, -0.1) is 11.8 Å². The molecule has 0 atom stereocenters. The summed E-state index contributed by atoms with van der Waals surface area (Å²) in [5.74, 6) is 1.18. The molecule has 3 nitrogen and oxygen atoms in total. The summed E-state index contributed by atoms with van der Waals surface area (Å²) in [6, 6.07) is 9.08. The zero-order valence-corrected chi connectivity index (χ0v) is 15.9. The first-order chi connectivity index (χ1) is 11.2. The summed E-state index contributed by atoms with van der Waals surface area (Å²) in [4.78, 5) is 18.3. The molecular weight excluding hydrogens is 372 g/mol. The molecular formula is C18H25BrN2OS. The highest BCUT2D eigenvalue weighted by Gasteiger charge is 2.27. The van der Waals surface area contributed by atoms with Gasteiger partial charge in [-0.3, -0.25) is 9.69 Å². The van der Waals surface area contributed by atoms with E-state index in [1.807, 2.05) is 12.1 Å². The van der Waals surface area contributed by atoms with Gasteiger partial charge in [0, 0.05) is 53.8 Å². The number of thioether (sulfide) groups is 1. The molecule has 0 spiro atoms. The first-order valence-corrected chi connectivity index (χ1v) is 10.4. The minimum Gasteiger partial charge on any atom is -0.340 e. The Morgan fingerprint density at radius 2 is 1.74 bits per heavy atom. The van der Waals surface area contributed by atoms with Crippen molar-refractivity contribution in [3.05, 3.63) is 28.7 Å². The molecule has 0 radical (unpaired) electrons. The van der Waals surface area contributed by atoms with Gasteiger partial charge in [0.1, 0.15) is 0 Å². The summed E-state index contributed by atoms with van der Waals surface area (Å²) < 4.78 is 1.10. The molecule has 126 valence electrons. The first-order valence-electron chi connectivity index (χ1n) is 8.62. The van der Waals surface area contributed by atoms with Crippen molar-refractivity contribution < 1.29 is 4.79 Å². The third-order valence-electron chi connectivity index (χ3n) is 4.91. The molecule has 1 aromatic carbocycles. The van der Waals surface area contributed by atoms with Crippen molar-refractivity contribution in [2.75, 3.05) is 31.9 Å². The van der Waals surface area contributed by atoms with Gasteiger partial charge in [-0.1, -0.05) is 28.8 Å². The molecule has 0 N–H and O–H groups in total. The van der Waals surface area contributed by atoms with Crippen molar-refractivity contribution in [3.8, 4) is 0 Å². The summed E-state index contributed by atoms with van der Waals surface area (Å²) in [6.45, 7) is 3.96. The van der Waals surface area contributed by atoms with Gasteiger partial charge in [-0.2, -0.15) is 0 Å². The van der Waals surface area contributed by atoms with Crippen LogP contribution < -0.4 is 0 Å². The fourth-order valence-electron chi connectivity index (χ4n) is 3.55. The number of hydrogen-bond acceptors (Lipinski definition) is 3. The zero-order chi connectivity index (χ0) is 16.1. The topological polar surface area (TPSA) is 23.6 Å². The van der Waals surface area contributed by atoms with Crippen LogP contribution in [0.15, 0.2) is 33.6 Å². The van der Waals surface area contributed by atoms with Crippen molar-refractivity contribution in [1.29, 1.82) is 0 Å². The molecule has 1 aliphatic carbocycles. The van der Waals surface area contributed by atoms with Crippen LogP contribution in [-0.2, 0) is 4.79 Å². The predicted octanol–water partition coefficient (Wildman–Crippen LogP) is 4.02. The quantitative estimate of drug-likeness (QED) is 0.702. The Balaban J connectivity index is 1.36. The summed E-state index contributed by atoms with van der Waals surface area (Å²) in [6.07, 6.45) is 6.13. The van der Waals surface area contributed by atoms with Gasteiger partial charge >= 0.3 is 0 Å². The Kier molecular flexibility index (Phi) is 6.43. The number of halogens is 1. The van der Waals surface area contributed by atoms with Gasteiger partial charge in [-0.25, -0.2) is 0 Å². The summed E-state index contributed by atoms with van der Waals surface area (Å²) in [5, 5.41) is 0. The second-order valence-electron chi connectivity index (χ2n) is 6.41. The van der Waals surface area contributed by atoms with E-state index >= 15 is 0 Å². The number of nitrogens with zero attached hydrogens (tertiary/aromatic N) is 2. The van der Waals surface area contributed by atoms with Crippen LogP contribution in [0, 0.1) is 0 Å². The van der Waals surface area contributed by atoms with Gasteiger partial charge in [0.05, 0.1) is 0 Å². The van der Waals surface area contributed by atoms with Crippen molar-refractivity contribution in [2.45, 2.75) is 43.0 Å². The molecule has 1 saturated heterocycles. The molecule has 0 aromatic heterocycles. The van der Waals surface area contributed by atoms with Crippen LogP contribution in [0.2, 0.25) is 0 Å². The van der Waals surface area contributed by atoms with Crippen molar-refractivity contribution in [3.63, 3.8) is 0 Å². The maximum Gasteiger partial charge on any atom is 0.223 e. The highest BCUT2D eigenvalue weighted by molar-refractivity contribution is 9.10. The van der Waals surface area contributed by atoms with E-state index in [0.717, 1.165) is 42.4 Å². The smallest absolute Gasteiger partial charge is 0.223 e. The van der Waals surface area contributed by atoms with Crippen molar-refractivity contribution in [2.24, 2.45) is 0 Å². The molecule has 5 heteroatoms. The monoisotopic (exact) mass is 396 g/mol. The molecule has 0 bridgehead atoms. The fourth-order valence-corrected chi connectivity index (χ4v) is 4.66. The van der Waals surface area contributed by atoms with Gasteiger partial charge in [0.2, 0.25) is 5.91 Å². The van der Waals surface area contributed by atoms with Crippen LogP contribution >= 0.6 is 27.7 Å². The van der Waals surface area contributed by atoms with Crippen LogP contribution in [0.1, 0.15) is 32.1 Å². The summed E-state index contributed by atoms with van der Waals surface area (Å²) in [7, 11) is 0. The minimum atomic E-state index is 0.320. The number of benzene rings is 1. The van der Waals surface area contributed by atoms with Crippen LogP contribution in [0.5, 0.6) is 0 Å². The largest absolute Gasteiger partial charge is 0.340 e. The van der Waals surface area contributed by atoms with E-state index in [-0.39, 0.29) is 0 Å². The standard InChI is InChI=1S/C18H25BrN2OS/c19-15-5-7-17(8-6-15)23-14-9-18(22)21-12-10-20(11-13-21)16-3-1-2-4-16/h5-8,16H,1-4,9-14H2. The molecule has 1 amide bonds. The average molecular weight is 397 g/mol. The van der Waals surface area contributed by atoms with Crippen LogP contribution in [0.4, 0.5) is 0 Å². The minimum absolute atomic E-state index is 0.320. The molecule has 2 aliphatic rings. The molecule has 23 heavy (non-hydrogen) atoms. The van der Waals surface area contributed by atoms with Gasteiger partial charge in [0.25, 0.3) is 0 Å². The lowest BCUT2D eigenvalue weighted by Crippen LogP contribution is -2.51. The third-order valence-corrected chi connectivity index (χ3v) is 6.45. The van der Waals surface area contributed by atoms with Crippen molar-refractivity contribution >= 4 is 33.6 Å². The Hall–Kier alpha value is -0.520. The first kappa shape index (κ1) is 17.3. The van der Waals surface area contributed by atoms with E-state index in [4.69, 9.17) is 0 Å². The number of carbonyl (C=O) groups excluding carboxylic acids is 1. The molecule has 1 aliphatic heterocycles. The normalized spacial score (nSPS) is 20.1. The number of amides is 1. The lowest BCUT2D eigenvalue weighted by atomic mass is 10.2. The highest BCUT2D eigenvalue weighted by atomic mass is 79.9. The zero-order valence-electron chi connectivity index (χ0n) is 13.5. The van der Waals surface area contributed by atoms with E-state index in [1.165, 1.54) is 30.6 Å². The molecule has 1 heterocycles. The van der Waals surface area contributed by atoms with Gasteiger partial charge in [-0.05, 0) is 37.1 Å². The number of carbonyl (C=O) groups is 1.